The monoisotopic (exact) mass is 503 g/mol. The molecule has 0 radical (unpaired) electrons. The number of hydrogen-bond acceptors (Lipinski definition) is 5. The van der Waals surface area contributed by atoms with E-state index in [1.165, 1.54) is 11.0 Å². The summed E-state index contributed by atoms with van der Waals surface area (Å²) in [5, 5.41) is 5.86. The fourth-order valence-corrected chi connectivity index (χ4v) is 4.11. The molecule has 0 spiro atoms. The van der Waals surface area contributed by atoms with Gasteiger partial charge in [-0.25, -0.2) is 9.18 Å². The van der Waals surface area contributed by atoms with Crippen LogP contribution in [0.4, 0.5) is 20.6 Å². The molecular formula is C29H30FN3O4. The van der Waals surface area contributed by atoms with Crippen LogP contribution in [0.1, 0.15) is 47.3 Å². The molecule has 3 aromatic rings. The van der Waals surface area contributed by atoms with Gasteiger partial charge in [0.05, 0.1) is 24.5 Å². The van der Waals surface area contributed by atoms with Gasteiger partial charge in [0.15, 0.2) is 5.78 Å². The Labute approximate surface area is 215 Å². The molecule has 3 aromatic carbocycles. The van der Waals surface area contributed by atoms with E-state index in [2.05, 4.69) is 10.6 Å². The topological polar surface area (TPSA) is 87.7 Å². The molecule has 8 heteroatoms. The number of halogens is 1. The predicted molar refractivity (Wildman–Crippen MR) is 140 cm³/mol. The highest BCUT2D eigenvalue weighted by Gasteiger charge is 2.33. The largest absolute Gasteiger partial charge is 0.442 e. The minimum absolute atomic E-state index is 0.0398. The van der Waals surface area contributed by atoms with Gasteiger partial charge in [0.1, 0.15) is 11.9 Å². The Kier molecular flexibility index (Phi) is 8.18. The van der Waals surface area contributed by atoms with Gasteiger partial charge < -0.3 is 15.4 Å². The number of carbonyl (C=O) groups excluding carboxylic acids is 3. The van der Waals surface area contributed by atoms with Crippen molar-refractivity contribution in [3.05, 3.63) is 95.3 Å². The molecule has 2 N–H and O–H groups in total. The molecular weight excluding hydrogens is 473 g/mol. The van der Waals surface area contributed by atoms with Gasteiger partial charge >= 0.3 is 6.09 Å². The van der Waals surface area contributed by atoms with E-state index in [0.717, 1.165) is 11.1 Å². The minimum atomic E-state index is -0.605. The summed E-state index contributed by atoms with van der Waals surface area (Å²) in [5.41, 5.74) is 3.36. The number of hydrogen-bond donors (Lipinski definition) is 2. The first kappa shape index (κ1) is 25.9. The molecule has 7 nitrogen and oxygen atoms in total. The molecule has 1 fully saturated rings. The summed E-state index contributed by atoms with van der Waals surface area (Å²) in [6.45, 7) is 4.16. The Bertz CT molecular complexity index is 1260. The second kappa shape index (κ2) is 11.7. The van der Waals surface area contributed by atoms with Gasteiger partial charge in [-0.1, -0.05) is 60.2 Å². The first-order valence-corrected chi connectivity index (χ1v) is 12.3. The number of rotatable bonds is 10. The van der Waals surface area contributed by atoms with Crippen molar-refractivity contribution in [3.8, 4) is 0 Å². The molecule has 1 aliphatic rings. The Morgan fingerprint density at radius 3 is 2.49 bits per heavy atom. The molecule has 2 atom stereocenters. The fourth-order valence-electron chi connectivity index (χ4n) is 4.11. The molecule has 37 heavy (non-hydrogen) atoms. The molecule has 1 heterocycles. The average molecular weight is 504 g/mol. The van der Waals surface area contributed by atoms with Gasteiger partial charge in [-0.15, -0.1) is 0 Å². The zero-order chi connectivity index (χ0) is 26.4. The van der Waals surface area contributed by atoms with Gasteiger partial charge in [0, 0.05) is 24.4 Å². The highest BCUT2D eigenvalue weighted by Crippen LogP contribution is 2.28. The average Bonchev–Trinajstić information content (AvgIpc) is 3.28. The lowest BCUT2D eigenvalue weighted by atomic mass is 10.0. The van der Waals surface area contributed by atoms with Crippen molar-refractivity contribution in [2.75, 3.05) is 23.3 Å². The normalized spacial score (nSPS) is 15.7. The lowest BCUT2D eigenvalue weighted by Gasteiger charge is -2.18. The van der Waals surface area contributed by atoms with Gasteiger partial charge in [-0.05, 0) is 37.6 Å². The molecule has 0 aliphatic carbocycles. The zero-order valence-electron chi connectivity index (χ0n) is 20.9. The van der Waals surface area contributed by atoms with E-state index in [0.29, 0.717) is 16.9 Å². The van der Waals surface area contributed by atoms with E-state index in [1.54, 1.807) is 24.3 Å². The Morgan fingerprint density at radius 1 is 1.05 bits per heavy atom. The van der Waals surface area contributed by atoms with Crippen molar-refractivity contribution in [3.63, 3.8) is 0 Å². The van der Waals surface area contributed by atoms with Gasteiger partial charge in [0.2, 0.25) is 5.91 Å². The number of cyclic esters (lactones) is 1. The number of aryl methyl sites for hydroxylation is 1. The smallest absolute Gasteiger partial charge is 0.414 e. The quantitative estimate of drug-likeness (QED) is 0.361. The molecule has 4 rings (SSSR count). The molecule has 192 valence electrons. The van der Waals surface area contributed by atoms with Crippen molar-refractivity contribution in [1.82, 2.24) is 5.32 Å². The van der Waals surface area contributed by atoms with Crippen LogP contribution < -0.4 is 15.5 Å². The van der Waals surface area contributed by atoms with Crippen LogP contribution in [0.2, 0.25) is 0 Å². The number of ketones is 1. The summed E-state index contributed by atoms with van der Waals surface area (Å²) in [6, 6.07) is 21.4. The second-order valence-electron chi connectivity index (χ2n) is 9.15. The summed E-state index contributed by atoms with van der Waals surface area (Å²) < 4.78 is 20.2. The number of amides is 2. The fraction of sp³-hybridized carbons (Fsp3) is 0.276. The lowest BCUT2D eigenvalue weighted by molar-refractivity contribution is -0.121. The van der Waals surface area contributed by atoms with Crippen LogP contribution in [0, 0.1) is 12.7 Å². The first-order valence-electron chi connectivity index (χ1n) is 12.3. The highest BCUT2D eigenvalue weighted by molar-refractivity contribution is 5.98. The third-order valence-corrected chi connectivity index (χ3v) is 6.29. The van der Waals surface area contributed by atoms with Crippen LogP contribution in [-0.2, 0) is 9.53 Å². The van der Waals surface area contributed by atoms with Crippen molar-refractivity contribution in [1.29, 1.82) is 0 Å². The molecule has 2 amide bonds. The van der Waals surface area contributed by atoms with E-state index < -0.39 is 18.0 Å². The molecule has 0 aromatic heterocycles. The van der Waals surface area contributed by atoms with Crippen LogP contribution in [-0.4, -0.2) is 37.0 Å². The zero-order valence-corrected chi connectivity index (χ0v) is 20.9. The number of anilines is 2. The van der Waals surface area contributed by atoms with E-state index in [9.17, 15) is 18.8 Å². The van der Waals surface area contributed by atoms with Gasteiger partial charge in [-0.3, -0.25) is 14.5 Å². The molecule has 2 unspecified atom stereocenters. The van der Waals surface area contributed by atoms with Crippen LogP contribution in [0.3, 0.4) is 0 Å². The van der Waals surface area contributed by atoms with E-state index >= 15 is 0 Å². The summed E-state index contributed by atoms with van der Waals surface area (Å²) in [5.74, 6) is -0.890. The maximum Gasteiger partial charge on any atom is 0.414 e. The third-order valence-electron chi connectivity index (χ3n) is 6.29. The lowest BCUT2D eigenvalue weighted by Crippen LogP contribution is -2.34. The number of nitrogens with one attached hydrogen (secondary N) is 2. The van der Waals surface area contributed by atoms with E-state index in [1.807, 2.05) is 56.3 Å². The number of nitrogens with zero attached hydrogens (tertiary/aromatic N) is 1. The van der Waals surface area contributed by atoms with Crippen molar-refractivity contribution in [2.45, 2.75) is 38.8 Å². The maximum absolute atomic E-state index is 14.8. The van der Waals surface area contributed by atoms with Crippen LogP contribution in [0.5, 0.6) is 0 Å². The van der Waals surface area contributed by atoms with Crippen LogP contribution in [0.25, 0.3) is 0 Å². The first-order chi connectivity index (χ1) is 17.8. The second-order valence-corrected chi connectivity index (χ2v) is 9.15. The molecule has 0 saturated carbocycles. The van der Waals surface area contributed by atoms with Crippen molar-refractivity contribution in [2.24, 2.45) is 0 Å². The predicted octanol–water partition coefficient (Wildman–Crippen LogP) is 5.41. The maximum atomic E-state index is 14.8. The number of Topliss-reactive ketones (excluding diaryl/α,β-unsaturated/α-hetero) is 1. The van der Waals surface area contributed by atoms with E-state index in [-0.39, 0.29) is 43.7 Å². The standard InChI is InChI=1S/C29H30FN3O4/c1-19-8-10-22(11-9-19)27(34)14-15-28(35)31-17-24-18-33(29(36)37-24)23-12-13-26(25(30)16-23)32-20(2)21-6-4-3-5-7-21/h3-13,16,20,24,32H,14-15,17-18H2,1-2H3,(H,31,35). The summed E-state index contributed by atoms with van der Waals surface area (Å²) in [4.78, 5) is 38.2. The highest BCUT2D eigenvalue weighted by atomic mass is 19.1. The summed E-state index contributed by atoms with van der Waals surface area (Å²) in [7, 11) is 0. The minimum Gasteiger partial charge on any atom is -0.442 e. The Balaban J connectivity index is 1.26. The van der Waals surface area contributed by atoms with Gasteiger partial charge in [-0.2, -0.15) is 0 Å². The third kappa shape index (κ3) is 6.73. The van der Waals surface area contributed by atoms with Crippen molar-refractivity contribution < 1.29 is 23.5 Å². The van der Waals surface area contributed by atoms with Crippen LogP contribution >= 0.6 is 0 Å². The number of benzene rings is 3. The Hall–Kier alpha value is -4.20. The van der Waals surface area contributed by atoms with Gasteiger partial charge in [0.25, 0.3) is 0 Å². The summed E-state index contributed by atoms with van der Waals surface area (Å²) in [6.07, 6.45) is -1.05. The number of carbonyl (C=O) groups is 3. The summed E-state index contributed by atoms with van der Waals surface area (Å²) >= 11 is 0. The molecule has 0 bridgehead atoms. The Morgan fingerprint density at radius 2 is 1.78 bits per heavy atom. The van der Waals surface area contributed by atoms with E-state index in [4.69, 9.17) is 4.74 Å². The van der Waals surface area contributed by atoms with Crippen molar-refractivity contribution >= 4 is 29.2 Å². The number of ether oxygens (including phenoxy) is 1. The molecule has 1 saturated heterocycles. The van der Waals surface area contributed by atoms with Crippen LogP contribution in [0.15, 0.2) is 72.8 Å². The molecule has 1 aliphatic heterocycles. The SMILES string of the molecule is Cc1ccc(C(=O)CCC(=O)NCC2CN(c3ccc(NC(C)c4ccccc4)c(F)c3)C(=O)O2)cc1.